The number of amides is 1. The number of furan rings is 1. The highest BCUT2D eigenvalue weighted by molar-refractivity contribution is 5.96. The molecule has 0 fully saturated rings. The van der Waals surface area contributed by atoms with Crippen LogP contribution in [0.5, 0.6) is 5.75 Å². The van der Waals surface area contributed by atoms with Gasteiger partial charge in [-0.1, -0.05) is 12.1 Å². The Bertz CT molecular complexity index is 765. The van der Waals surface area contributed by atoms with Crippen molar-refractivity contribution < 1.29 is 23.8 Å². The molecule has 1 aromatic carbocycles. The Labute approximate surface area is 139 Å². The van der Waals surface area contributed by atoms with E-state index in [9.17, 15) is 14.7 Å². The van der Waals surface area contributed by atoms with E-state index in [-0.39, 0.29) is 29.9 Å². The number of phenolic OH excluding ortho intramolecular Hbond substituents is 1. The lowest BCUT2D eigenvalue weighted by molar-refractivity contribution is -0.140. The van der Waals surface area contributed by atoms with E-state index in [2.05, 4.69) is 10.1 Å². The number of hydrogen-bond donors (Lipinski definition) is 2. The number of esters is 1. The van der Waals surface area contributed by atoms with Crippen LogP contribution in [-0.4, -0.2) is 24.1 Å². The lowest BCUT2D eigenvalue weighted by Gasteiger charge is -2.26. The van der Waals surface area contributed by atoms with Crippen LogP contribution in [0.1, 0.15) is 46.1 Å². The normalized spacial score (nSPS) is 16.3. The quantitative estimate of drug-likeness (QED) is 0.841. The van der Waals surface area contributed by atoms with E-state index >= 15 is 0 Å². The van der Waals surface area contributed by atoms with E-state index in [1.807, 2.05) is 6.07 Å². The minimum absolute atomic E-state index is 0.0890. The SMILES string of the molecule is COC(=O)Cc1occc1C(=O)N[C@H]1CCCc2c(O)cccc21. The number of carbonyl (C=O) groups excluding carboxylic acids is 2. The minimum Gasteiger partial charge on any atom is -0.508 e. The number of phenols is 1. The average Bonchev–Trinajstić information content (AvgIpc) is 3.04. The summed E-state index contributed by atoms with van der Waals surface area (Å²) in [5, 5.41) is 13.0. The fraction of sp³-hybridized carbons (Fsp3) is 0.333. The highest BCUT2D eigenvalue weighted by Crippen LogP contribution is 2.34. The minimum atomic E-state index is -0.466. The average molecular weight is 329 g/mol. The van der Waals surface area contributed by atoms with Gasteiger partial charge in [0.25, 0.3) is 5.91 Å². The molecule has 2 aromatic rings. The lowest BCUT2D eigenvalue weighted by atomic mass is 9.87. The first kappa shape index (κ1) is 16.1. The molecule has 126 valence electrons. The topological polar surface area (TPSA) is 88.8 Å². The third kappa shape index (κ3) is 3.13. The molecule has 0 radical (unpaired) electrons. The molecule has 6 heteroatoms. The molecule has 1 aromatic heterocycles. The summed E-state index contributed by atoms with van der Waals surface area (Å²) in [6.45, 7) is 0. The zero-order chi connectivity index (χ0) is 17.1. The molecule has 24 heavy (non-hydrogen) atoms. The van der Waals surface area contributed by atoms with Crippen LogP contribution in [0.25, 0.3) is 0 Å². The van der Waals surface area contributed by atoms with Crippen molar-refractivity contribution in [1.82, 2.24) is 5.32 Å². The molecule has 0 saturated carbocycles. The van der Waals surface area contributed by atoms with Gasteiger partial charge in [-0.05, 0) is 42.5 Å². The second kappa shape index (κ2) is 6.78. The first-order chi connectivity index (χ1) is 11.6. The van der Waals surface area contributed by atoms with Gasteiger partial charge < -0.3 is 19.6 Å². The molecule has 3 rings (SSSR count). The summed E-state index contributed by atoms with van der Waals surface area (Å²) in [4.78, 5) is 24.0. The summed E-state index contributed by atoms with van der Waals surface area (Å²) in [7, 11) is 1.29. The maximum absolute atomic E-state index is 12.6. The van der Waals surface area contributed by atoms with E-state index in [4.69, 9.17) is 4.42 Å². The molecule has 2 N–H and O–H groups in total. The summed E-state index contributed by atoms with van der Waals surface area (Å²) < 4.78 is 9.84. The monoisotopic (exact) mass is 329 g/mol. The smallest absolute Gasteiger partial charge is 0.313 e. The van der Waals surface area contributed by atoms with Crippen LogP contribution in [0.3, 0.4) is 0 Å². The van der Waals surface area contributed by atoms with E-state index in [0.717, 1.165) is 30.4 Å². The van der Waals surface area contributed by atoms with Gasteiger partial charge in [-0.15, -0.1) is 0 Å². The number of rotatable bonds is 4. The van der Waals surface area contributed by atoms with Crippen molar-refractivity contribution in [2.75, 3.05) is 7.11 Å². The Morgan fingerprint density at radius 1 is 1.38 bits per heavy atom. The number of benzene rings is 1. The molecular formula is C18H19NO5. The fourth-order valence-electron chi connectivity index (χ4n) is 3.10. The third-order valence-corrected chi connectivity index (χ3v) is 4.31. The molecule has 0 spiro atoms. The Kier molecular flexibility index (Phi) is 4.55. The summed E-state index contributed by atoms with van der Waals surface area (Å²) in [5.41, 5.74) is 2.15. The van der Waals surface area contributed by atoms with E-state index in [1.165, 1.54) is 13.4 Å². The lowest BCUT2D eigenvalue weighted by Crippen LogP contribution is -2.31. The Hall–Kier alpha value is -2.76. The largest absolute Gasteiger partial charge is 0.508 e. The van der Waals surface area contributed by atoms with Crippen LogP contribution in [0.4, 0.5) is 0 Å². The molecule has 0 bridgehead atoms. The predicted molar refractivity (Wildman–Crippen MR) is 85.7 cm³/mol. The van der Waals surface area contributed by atoms with Gasteiger partial charge in [0.15, 0.2) is 0 Å². The van der Waals surface area contributed by atoms with E-state index < -0.39 is 5.97 Å². The van der Waals surface area contributed by atoms with Crippen LogP contribution in [-0.2, 0) is 22.4 Å². The highest BCUT2D eigenvalue weighted by Gasteiger charge is 2.26. The molecule has 0 unspecified atom stereocenters. The van der Waals surface area contributed by atoms with Gasteiger partial charge >= 0.3 is 5.97 Å². The molecule has 0 saturated heterocycles. The first-order valence-corrected chi connectivity index (χ1v) is 7.85. The van der Waals surface area contributed by atoms with Crippen molar-refractivity contribution in [3.05, 3.63) is 53.0 Å². The van der Waals surface area contributed by atoms with Crippen molar-refractivity contribution in [3.63, 3.8) is 0 Å². The standard InChI is InChI=1S/C18H19NO5/c1-23-17(21)10-16-13(8-9-24-16)18(22)19-14-6-2-5-12-11(14)4-3-7-15(12)20/h3-4,7-9,14,20H,2,5-6,10H2,1H3,(H,19,22)/t14-/m0/s1. The number of fused-ring (bicyclic) bond motifs is 1. The van der Waals surface area contributed by atoms with Gasteiger partial charge in [-0.3, -0.25) is 9.59 Å². The van der Waals surface area contributed by atoms with Crippen LogP contribution >= 0.6 is 0 Å². The molecule has 1 atom stereocenters. The zero-order valence-corrected chi connectivity index (χ0v) is 13.4. The molecule has 0 aliphatic heterocycles. The third-order valence-electron chi connectivity index (χ3n) is 4.31. The molecular weight excluding hydrogens is 310 g/mol. The zero-order valence-electron chi connectivity index (χ0n) is 13.4. The number of ether oxygens (including phenoxy) is 1. The molecule has 1 aliphatic rings. The van der Waals surface area contributed by atoms with Crippen molar-refractivity contribution >= 4 is 11.9 Å². The van der Waals surface area contributed by atoms with Crippen molar-refractivity contribution in [2.24, 2.45) is 0 Å². The van der Waals surface area contributed by atoms with Gasteiger partial charge in [-0.2, -0.15) is 0 Å². The van der Waals surface area contributed by atoms with E-state index in [1.54, 1.807) is 18.2 Å². The van der Waals surface area contributed by atoms with E-state index in [0.29, 0.717) is 5.56 Å². The fourth-order valence-corrected chi connectivity index (χ4v) is 3.10. The number of nitrogens with one attached hydrogen (secondary N) is 1. The number of hydrogen-bond acceptors (Lipinski definition) is 5. The number of methoxy groups -OCH3 is 1. The maximum Gasteiger partial charge on any atom is 0.313 e. The summed E-state index contributed by atoms with van der Waals surface area (Å²) in [6.07, 6.45) is 3.78. The Morgan fingerprint density at radius 2 is 2.21 bits per heavy atom. The van der Waals surface area contributed by atoms with Crippen LogP contribution in [0, 0.1) is 0 Å². The molecule has 1 aliphatic carbocycles. The number of aromatic hydroxyl groups is 1. The van der Waals surface area contributed by atoms with Crippen LogP contribution in [0.15, 0.2) is 34.9 Å². The predicted octanol–water partition coefficient (Wildman–Crippen LogP) is 2.51. The molecule has 6 nitrogen and oxygen atoms in total. The highest BCUT2D eigenvalue weighted by atomic mass is 16.5. The maximum atomic E-state index is 12.6. The Balaban J connectivity index is 1.79. The van der Waals surface area contributed by atoms with Gasteiger partial charge in [0.05, 0.1) is 25.0 Å². The summed E-state index contributed by atoms with van der Waals surface area (Å²) >= 11 is 0. The summed E-state index contributed by atoms with van der Waals surface area (Å²) in [6, 6.07) is 6.73. The van der Waals surface area contributed by atoms with Gasteiger partial charge in [-0.25, -0.2) is 0 Å². The van der Waals surface area contributed by atoms with Gasteiger partial charge in [0.2, 0.25) is 0 Å². The number of carbonyl (C=O) groups is 2. The van der Waals surface area contributed by atoms with Crippen molar-refractivity contribution in [3.8, 4) is 5.75 Å². The summed E-state index contributed by atoms with van der Waals surface area (Å²) in [5.74, 6) is -0.219. The second-order valence-electron chi connectivity index (χ2n) is 5.77. The Morgan fingerprint density at radius 3 is 3.00 bits per heavy atom. The second-order valence-corrected chi connectivity index (χ2v) is 5.77. The van der Waals surface area contributed by atoms with Gasteiger partial charge in [0, 0.05) is 0 Å². The molecule has 1 amide bonds. The van der Waals surface area contributed by atoms with Crippen LogP contribution < -0.4 is 5.32 Å². The van der Waals surface area contributed by atoms with Crippen LogP contribution in [0.2, 0.25) is 0 Å². The van der Waals surface area contributed by atoms with Gasteiger partial charge in [0.1, 0.15) is 17.9 Å². The first-order valence-electron chi connectivity index (χ1n) is 7.85. The van der Waals surface area contributed by atoms with Crippen molar-refractivity contribution in [1.29, 1.82) is 0 Å². The molecule has 1 heterocycles. The van der Waals surface area contributed by atoms with Crippen molar-refractivity contribution in [2.45, 2.75) is 31.7 Å².